The van der Waals surface area contributed by atoms with Gasteiger partial charge in [0.25, 0.3) is 0 Å². The van der Waals surface area contributed by atoms with E-state index in [4.69, 9.17) is 4.99 Å². The first kappa shape index (κ1) is 14.2. The second-order valence-electron chi connectivity index (χ2n) is 6.49. The lowest BCUT2D eigenvalue weighted by molar-refractivity contribution is 0.443. The van der Waals surface area contributed by atoms with Gasteiger partial charge >= 0.3 is 0 Å². The number of hydrogen-bond acceptors (Lipinski definition) is 5. The van der Waals surface area contributed by atoms with Crippen molar-refractivity contribution in [3.63, 3.8) is 0 Å². The molecule has 0 saturated heterocycles. The molecule has 124 valence electrons. The highest BCUT2D eigenvalue weighted by Gasteiger charge is 2.33. The molecule has 0 radical (unpaired) electrons. The summed E-state index contributed by atoms with van der Waals surface area (Å²) in [4.78, 5) is 8.21. The van der Waals surface area contributed by atoms with Crippen LogP contribution in [0, 0.1) is 0 Å². The quantitative estimate of drug-likeness (QED) is 0.637. The maximum Gasteiger partial charge on any atom is 0.123 e. The molecule has 0 amide bonds. The number of aryl methyl sites for hydroxylation is 2. The number of rotatable bonds is 1. The van der Waals surface area contributed by atoms with E-state index in [1.807, 2.05) is 12.3 Å². The number of phenols is 2. The highest BCUT2D eigenvalue weighted by Crippen LogP contribution is 2.40. The van der Waals surface area contributed by atoms with Gasteiger partial charge < -0.3 is 15.2 Å². The van der Waals surface area contributed by atoms with E-state index in [9.17, 15) is 10.2 Å². The summed E-state index contributed by atoms with van der Waals surface area (Å²) >= 11 is 0. The number of H-pyrrole nitrogens is 1. The van der Waals surface area contributed by atoms with E-state index in [0.29, 0.717) is 6.54 Å². The van der Waals surface area contributed by atoms with Crippen LogP contribution in [0.4, 0.5) is 0 Å². The molecule has 25 heavy (non-hydrogen) atoms. The van der Waals surface area contributed by atoms with Crippen molar-refractivity contribution in [3.8, 4) is 11.5 Å². The summed E-state index contributed by atoms with van der Waals surface area (Å²) in [5, 5.41) is 28.2. The number of aromatic amines is 1. The number of benzene rings is 1. The number of hydrogen-bond donors (Lipinski definition) is 3. The van der Waals surface area contributed by atoms with Gasteiger partial charge in [0, 0.05) is 41.2 Å². The Labute approximate surface area is 143 Å². The van der Waals surface area contributed by atoms with E-state index in [1.165, 1.54) is 17.2 Å². The third-order valence-electron chi connectivity index (χ3n) is 5.09. The van der Waals surface area contributed by atoms with E-state index in [2.05, 4.69) is 15.2 Å². The minimum Gasteiger partial charge on any atom is -0.508 e. The van der Waals surface area contributed by atoms with Crippen molar-refractivity contribution in [2.24, 2.45) is 4.99 Å². The Morgan fingerprint density at radius 3 is 2.84 bits per heavy atom. The van der Waals surface area contributed by atoms with Crippen LogP contribution in [0.25, 0.3) is 0 Å². The van der Waals surface area contributed by atoms with Crippen LogP contribution in [0.2, 0.25) is 0 Å². The van der Waals surface area contributed by atoms with Gasteiger partial charge in [0.2, 0.25) is 0 Å². The minimum absolute atomic E-state index is 0.0516. The maximum absolute atomic E-state index is 10.3. The summed E-state index contributed by atoms with van der Waals surface area (Å²) < 4.78 is 0. The number of fused-ring (bicyclic) bond motifs is 2. The molecule has 6 nitrogen and oxygen atoms in total. The molecule has 0 saturated carbocycles. The number of aromatic nitrogens is 3. The Bertz CT molecular complexity index is 1020. The van der Waals surface area contributed by atoms with E-state index >= 15 is 0 Å². The molecule has 2 aromatic heterocycles. The SMILES string of the molecule is Oc1ccc(C2CN=C3c4nnccc4CCc4c[nH]c2c43)c(O)c1. The Balaban J connectivity index is 1.69. The average Bonchev–Trinajstić information content (AvgIpc) is 2.97. The molecule has 1 aliphatic heterocycles. The van der Waals surface area contributed by atoms with Crippen LogP contribution >= 0.6 is 0 Å². The van der Waals surface area contributed by atoms with E-state index in [0.717, 1.165) is 41.1 Å². The minimum atomic E-state index is -0.0775. The molecule has 0 bridgehead atoms. The fraction of sp³-hybridized carbons (Fsp3) is 0.211. The van der Waals surface area contributed by atoms with Gasteiger partial charge in [-0.3, -0.25) is 4.99 Å². The van der Waals surface area contributed by atoms with Gasteiger partial charge in [-0.05, 0) is 36.1 Å². The van der Waals surface area contributed by atoms with Crippen LogP contribution in [0.15, 0.2) is 41.7 Å². The number of phenolic OH excluding ortho intramolecular Hbond substituents is 2. The van der Waals surface area contributed by atoms with Crippen molar-refractivity contribution >= 4 is 5.71 Å². The van der Waals surface area contributed by atoms with Crippen molar-refractivity contribution in [2.75, 3.05) is 6.54 Å². The van der Waals surface area contributed by atoms with Crippen LogP contribution in [-0.4, -0.2) is 37.7 Å². The number of nitrogens with zero attached hydrogens (tertiary/aromatic N) is 3. The molecule has 0 spiro atoms. The summed E-state index contributed by atoms with van der Waals surface area (Å²) in [6.07, 6.45) is 5.58. The molecule has 5 rings (SSSR count). The fourth-order valence-electron chi connectivity index (χ4n) is 3.89. The van der Waals surface area contributed by atoms with Crippen LogP contribution in [0.1, 0.15) is 39.6 Å². The maximum atomic E-state index is 10.3. The second kappa shape index (κ2) is 5.17. The zero-order chi connectivity index (χ0) is 17.0. The monoisotopic (exact) mass is 332 g/mol. The molecule has 1 aromatic carbocycles. The Kier molecular flexibility index (Phi) is 2.94. The standard InChI is InChI=1S/C19H16N4O2/c24-12-3-4-13(15(25)7-12)14-9-21-19-16-11(8-20-18(14)16)2-1-10-5-6-22-23-17(10)19/h3-8,14,20,24-25H,1-2,9H2. The molecular formula is C19H16N4O2. The normalized spacial score (nSPS) is 18.1. The van der Waals surface area contributed by atoms with Crippen molar-refractivity contribution in [3.05, 3.63) is 70.3 Å². The Morgan fingerprint density at radius 2 is 1.96 bits per heavy atom. The lowest BCUT2D eigenvalue weighted by Crippen LogP contribution is -2.21. The van der Waals surface area contributed by atoms with E-state index in [-0.39, 0.29) is 17.4 Å². The fourth-order valence-corrected chi connectivity index (χ4v) is 3.89. The van der Waals surface area contributed by atoms with Crippen LogP contribution in [-0.2, 0) is 12.8 Å². The van der Waals surface area contributed by atoms with Crippen LogP contribution < -0.4 is 0 Å². The first-order valence-electron chi connectivity index (χ1n) is 8.30. The lowest BCUT2D eigenvalue weighted by atomic mass is 9.87. The summed E-state index contributed by atoms with van der Waals surface area (Å²) in [5.74, 6) is 0.0582. The van der Waals surface area contributed by atoms with Crippen LogP contribution in [0.3, 0.4) is 0 Å². The van der Waals surface area contributed by atoms with Gasteiger partial charge in [-0.2, -0.15) is 5.10 Å². The third-order valence-corrected chi connectivity index (χ3v) is 5.09. The molecule has 6 heteroatoms. The molecule has 3 heterocycles. The number of aromatic hydroxyl groups is 2. The smallest absolute Gasteiger partial charge is 0.123 e. The predicted octanol–water partition coefficient (Wildman–Crippen LogP) is 2.30. The predicted molar refractivity (Wildman–Crippen MR) is 92.4 cm³/mol. The Morgan fingerprint density at radius 1 is 1.08 bits per heavy atom. The summed E-state index contributed by atoms with van der Waals surface area (Å²) in [6.45, 7) is 0.511. The summed E-state index contributed by atoms with van der Waals surface area (Å²) in [6, 6.07) is 6.74. The molecule has 2 aliphatic rings. The molecule has 1 aliphatic carbocycles. The van der Waals surface area contributed by atoms with Gasteiger partial charge in [-0.15, -0.1) is 5.10 Å². The largest absolute Gasteiger partial charge is 0.508 e. The highest BCUT2D eigenvalue weighted by molar-refractivity contribution is 6.15. The summed E-state index contributed by atoms with van der Waals surface area (Å²) in [5.41, 5.74) is 7.02. The zero-order valence-corrected chi connectivity index (χ0v) is 13.4. The van der Waals surface area contributed by atoms with Gasteiger partial charge in [0.05, 0.1) is 12.3 Å². The van der Waals surface area contributed by atoms with Crippen molar-refractivity contribution < 1.29 is 10.2 Å². The highest BCUT2D eigenvalue weighted by atomic mass is 16.3. The zero-order valence-electron chi connectivity index (χ0n) is 13.4. The lowest BCUT2D eigenvalue weighted by Gasteiger charge is -2.23. The molecule has 1 unspecified atom stereocenters. The van der Waals surface area contributed by atoms with Gasteiger partial charge in [0.1, 0.15) is 17.2 Å². The van der Waals surface area contributed by atoms with Crippen molar-refractivity contribution in [1.29, 1.82) is 0 Å². The molecule has 1 atom stereocenters. The van der Waals surface area contributed by atoms with Gasteiger partial charge in [-0.1, -0.05) is 6.07 Å². The van der Waals surface area contributed by atoms with Gasteiger partial charge in [-0.25, -0.2) is 0 Å². The van der Waals surface area contributed by atoms with Crippen LogP contribution in [0.5, 0.6) is 11.5 Å². The third kappa shape index (κ3) is 2.07. The van der Waals surface area contributed by atoms with E-state index < -0.39 is 0 Å². The first-order chi connectivity index (χ1) is 12.2. The summed E-state index contributed by atoms with van der Waals surface area (Å²) in [7, 11) is 0. The van der Waals surface area contributed by atoms with E-state index in [1.54, 1.807) is 18.3 Å². The number of aliphatic imine (C=N–C) groups is 1. The Hall–Kier alpha value is -3.15. The molecular weight excluding hydrogens is 316 g/mol. The van der Waals surface area contributed by atoms with Crippen molar-refractivity contribution in [1.82, 2.24) is 15.2 Å². The van der Waals surface area contributed by atoms with Crippen molar-refractivity contribution in [2.45, 2.75) is 18.8 Å². The van der Waals surface area contributed by atoms with Gasteiger partial charge in [0.15, 0.2) is 0 Å². The second-order valence-corrected chi connectivity index (χ2v) is 6.49. The molecule has 3 aromatic rings. The molecule has 3 N–H and O–H groups in total. The topological polar surface area (TPSA) is 94.4 Å². The average molecular weight is 332 g/mol. The first-order valence-corrected chi connectivity index (χ1v) is 8.30. The number of nitrogens with one attached hydrogen (secondary N) is 1. The molecule has 0 fully saturated rings.